The van der Waals surface area contributed by atoms with Gasteiger partial charge in [0, 0.05) is 22.7 Å². The number of unbranched alkanes of at least 4 members (excludes halogenated alkanes) is 2. The third-order valence-corrected chi connectivity index (χ3v) is 16.6. The number of benzene rings is 4. The van der Waals surface area contributed by atoms with Crippen molar-refractivity contribution in [2.75, 3.05) is 11.5 Å². The van der Waals surface area contributed by atoms with E-state index in [1.54, 1.807) is 48.5 Å². The first kappa shape index (κ1) is 45.6. The summed E-state index contributed by atoms with van der Waals surface area (Å²) in [7, 11) is -7.35. The fourth-order valence-corrected chi connectivity index (χ4v) is 13.7. The Morgan fingerprint density at radius 3 is 1.28 bits per heavy atom. The van der Waals surface area contributed by atoms with E-state index in [2.05, 4.69) is 0 Å². The topological polar surface area (TPSA) is 149 Å². The normalized spacial score (nSPS) is 26.0. The van der Waals surface area contributed by atoms with Crippen LogP contribution in [-0.2, 0) is 32.9 Å². The average Bonchev–Trinajstić information content (AvgIpc) is 3.33. The summed E-state index contributed by atoms with van der Waals surface area (Å²) < 4.78 is 81.6. The lowest BCUT2D eigenvalue weighted by Gasteiger charge is -2.39. The third-order valence-electron chi connectivity index (χ3n) is 12.6. The summed E-state index contributed by atoms with van der Waals surface area (Å²) in [5, 5.41) is 42.4. The molecule has 0 bridgehead atoms. The molecule has 0 radical (unpaired) electrons. The number of rotatable bonds is 12. The lowest BCUT2D eigenvalue weighted by molar-refractivity contribution is 0.0173. The van der Waals surface area contributed by atoms with Gasteiger partial charge in [-0.1, -0.05) is 102 Å². The van der Waals surface area contributed by atoms with Gasteiger partial charge in [0.25, 0.3) is 0 Å². The minimum Gasteiger partial charge on any atom is -0.392 e. The average molecular weight is 841 g/mol. The molecule has 2 aliphatic heterocycles. The van der Waals surface area contributed by atoms with Crippen LogP contribution in [0.5, 0.6) is 0 Å². The van der Waals surface area contributed by atoms with Crippen LogP contribution in [0.15, 0.2) is 94.7 Å². The SMILES string of the molecule is CCCC[C@]1(CC)CS(=O)(=O)c2ccc(CO)cc2[C@@H](c2cccc(F)c2)[C@H]1O.CCCC[C@]1(CC)CS(=O)(=O)c2ccc(CO)cc2[C@H](c2cccc(F)c2)[C@@H]1O. The molecule has 8 nitrogen and oxygen atoms in total. The highest BCUT2D eigenvalue weighted by Crippen LogP contribution is 2.50. The molecule has 2 heterocycles. The fraction of sp³-hybridized carbons (Fsp3) is 0.478. The highest BCUT2D eigenvalue weighted by atomic mass is 32.2. The number of hydrogen-bond donors (Lipinski definition) is 4. The Balaban J connectivity index is 0.000000221. The van der Waals surface area contributed by atoms with E-state index >= 15 is 0 Å². The molecule has 0 aliphatic carbocycles. The molecule has 12 heteroatoms. The molecule has 6 rings (SSSR count). The second-order valence-electron chi connectivity index (χ2n) is 16.2. The van der Waals surface area contributed by atoms with Crippen LogP contribution < -0.4 is 0 Å². The molecule has 58 heavy (non-hydrogen) atoms. The molecule has 4 aromatic carbocycles. The van der Waals surface area contributed by atoms with E-state index in [0.29, 0.717) is 59.1 Å². The zero-order chi connectivity index (χ0) is 42.5. The van der Waals surface area contributed by atoms with Gasteiger partial charge in [0.15, 0.2) is 19.7 Å². The molecule has 0 aromatic heterocycles. The summed E-state index contributed by atoms with van der Waals surface area (Å²) in [5.41, 5.74) is 1.41. The highest BCUT2D eigenvalue weighted by Gasteiger charge is 2.50. The lowest BCUT2D eigenvalue weighted by atomic mass is 9.69. The molecule has 0 saturated heterocycles. The molecule has 316 valence electrons. The van der Waals surface area contributed by atoms with Gasteiger partial charge in [-0.2, -0.15) is 0 Å². The summed E-state index contributed by atoms with van der Waals surface area (Å²) in [6.45, 7) is 7.40. The van der Waals surface area contributed by atoms with Crippen molar-refractivity contribution in [1.82, 2.24) is 0 Å². The van der Waals surface area contributed by atoms with Gasteiger partial charge in [-0.15, -0.1) is 0 Å². The van der Waals surface area contributed by atoms with E-state index in [1.165, 1.54) is 36.4 Å². The van der Waals surface area contributed by atoms with E-state index < -0.39 is 66.2 Å². The molecular formula is C46H58F2O8S2. The van der Waals surface area contributed by atoms with Gasteiger partial charge in [0.1, 0.15) is 11.6 Å². The van der Waals surface area contributed by atoms with Crippen LogP contribution in [0.1, 0.15) is 124 Å². The Morgan fingerprint density at radius 2 is 0.966 bits per heavy atom. The summed E-state index contributed by atoms with van der Waals surface area (Å²) in [6.07, 6.45) is 3.54. The monoisotopic (exact) mass is 840 g/mol. The number of hydrogen-bond acceptors (Lipinski definition) is 8. The van der Waals surface area contributed by atoms with Crippen LogP contribution >= 0.6 is 0 Å². The van der Waals surface area contributed by atoms with Crippen LogP contribution in [0.4, 0.5) is 8.78 Å². The second kappa shape index (κ2) is 18.8. The van der Waals surface area contributed by atoms with Gasteiger partial charge in [0.2, 0.25) is 0 Å². The largest absolute Gasteiger partial charge is 0.392 e. The number of aliphatic hydroxyl groups excluding tert-OH is 4. The zero-order valence-electron chi connectivity index (χ0n) is 33.9. The molecular weight excluding hydrogens is 783 g/mol. The third kappa shape index (κ3) is 9.27. The molecule has 0 fully saturated rings. The first-order chi connectivity index (χ1) is 27.6. The van der Waals surface area contributed by atoms with E-state index in [1.807, 2.05) is 27.7 Å². The molecule has 4 N–H and O–H groups in total. The van der Waals surface area contributed by atoms with Gasteiger partial charge < -0.3 is 20.4 Å². The summed E-state index contributed by atoms with van der Waals surface area (Å²) in [4.78, 5) is 0.324. The maximum atomic E-state index is 14.1. The molecule has 2 aliphatic rings. The fourth-order valence-electron chi connectivity index (χ4n) is 9.17. The first-order valence-electron chi connectivity index (χ1n) is 20.4. The maximum Gasteiger partial charge on any atom is 0.179 e. The molecule has 0 unspecified atom stereocenters. The van der Waals surface area contributed by atoms with Crippen LogP contribution in [0.3, 0.4) is 0 Å². The second-order valence-corrected chi connectivity index (χ2v) is 20.1. The molecule has 4 aromatic rings. The number of fused-ring (bicyclic) bond motifs is 2. The summed E-state index contributed by atoms with van der Waals surface area (Å²) >= 11 is 0. The van der Waals surface area contributed by atoms with Crippen LogP contribution in [-0.4, -0.2) is 61.0 Å². The minimum atomic E-state index is -3.67. The van der Waals surface area contributed by atoms with Gasteiger partial charge >= 0.3 is 0 Å². The Morgan fingerprint density at radius 1 is 0.586 bits per heavy atom. The van der Waals surface area contributed by atoms with Crippen molar-refractivity contribution < 1.29 is 46.0 Å². The smallest absolute Gasteiger partial charge is 0.179 e. The van der Waals surface area contributed by atoms with Crippen molar-refractivity contribution in [3.05, 3.63) is 130 Å². The van der Waals surface area contributed by atoms with Gasteiger partial charge in [-0.25, -0.2) is 25.6 Å². The van der Waals surface area contributed by atoms with Crippen LogP contribution in [0.2, 0.25) is 0 Å². The zero-order valence-corrected chi connectivity index (χ0v) is 35.5. The molecule has 6 atom stereocenters. The van der Waals surface area contributed by atoms with E-state index in [4.69, 9.17) is 0 Å². The minimum absolute atomic E-state index is 0.144. The van der Waals surface area contributed by atoms with Crippen LogP contribution in [0.25, 0.3) is 0 Å². The van der Waals surface area contributed by atoms with E-state index in [9.17, 15) is 46.0 Å². The standard InChI is InChI=1S/2C23H29FO4S/c2*1-3-5-11-23(4-2)15-29(27,28)20-10-9-16(14-25)12-19(20)21(22(23)26)17-7-6-8-18(24)13-17/h2*6-10,12-13,21-22,25-26H,3-5,11,14-15H2,1-2H3/t21-,22-,23+;21-,22-,23-/m01/s1. The lowest BCUT2D eigenvalue weighted by Crippen LogP contribution is -2.42. The van der Waals surface area contributed by atoms with Crippen LogP contribution in [0, 0.1) is 22.5 Å². The van der Waals surface area contributed by atoms with Crippen molar-refractivity contribution in [3.8, 4) is 0 Å². The number of sulfone groups is 2. The van der Waals surface area contributed by atoms with Crippen molar-refractivity contribution in [2.24, 2.45) is 10.8 Å². The Bertz CT molecular complexity index is 2100. The molecule has 0 saturated carbocycles. The van der Waals surface area contributed by atoms with Gasteiger partial charge in [0.05, 0.1) is 46.7 Å². The predicted octanol–water partition coefficient (Wildman–Crippen LogP) is 8.37. The maximum absolute atomic E-state index is 14.1. The Labute approximate surface area is 342 Å². The highest BCUT2D eigenvalue weighted by molar-refractivity contribution is 7.91. The van der Waals surface area contributed by atoms with E-state index in [0.717, 1.165) is 25.7 Å². The van der Waals surface area contributed by atoms with Gasteiger partial charge in [-0.3, -0.25) is 0 Å². The van der Waals surface area contributed by atoms with E-state index in [-0.39, 0.29) is 34.5 Å². The van der Waals surface area contributed by atoms with Crippen molar-refractivity contribution in [1.29, 1.82) is 0 Å². The summed E-state index contributed by atoms with van der Waals surface area (Å²) in [5.74, 6) is -2.54. The van der Waals surface area contributed by atoms with Crippen molar-refractivity contribution in [2.45, 2.75) is 126 Å². The van der Waals surface area contributed by atoms with Gasteiger partial charge in [-0.05, 0) is 95.5 Å². The molecule has 0 spiro atoms. The van der Waals surface area contributed by atoms with Crippen molar-refractivity contribution >= 4 is 19.7 Å². The quantitative estimate of drug-likeness (QED) is 0.111. The first-order valence-corrected chi connectivity index (χ1v) is 23.7. The Kier molecular flexibility index (Phi) is 14.8. The molecule has 0 amide bonds. The van der Waals surface area contributed by atoms with Crippen molar-refractivity contribution in [3.63, 3.8) is 0 Å². The number of aliphatic hydroxyl groups is 4. The number of halogens is 2. The Hall–Kier alpha value is -3.52. The predicted molar refractivity (Wildman–Crippen MR) is 222 cm³/mol. The summed E-state index contributed by atoms with van der Waals surface area (Å²) in [6, 6.07) is 21.5.